The van der Waals surface area contributed by atoms with Gasteiger partial charge in [-0.25, -0.2) is 9.67 Å². The predicted octanol–water partition coefficient (Wildman–Crippen LogP) is 1.72. The Morgan fingerprint density at radius 1 is 1.44 bits per heavy atom. The minimum Gasteiger partial charge on any atom is -0.367 e. The van der Waals surface area contributed by atoms with E-state index in [2.05, 4.69) is 10.1 Å². The third-order valence-electron chi connectivity index (χ3n) is 1.52. The Balaban J connectivity index is 0.00000225. The van der Waals surface area contributed by atoms with Crippen LogP contribution in [0.2, 0.25) is 0 Å². The van der Waals surface area contributed by atoms with E-state index in [1.807, 2.05) is 0 Å². The van der Waals surface area contributed by atoms with Crippen LogP contribution in [0.4, 0.5) is 5.95 Å². The van der Waals surface area contributed by atoms with Gasteiger partial charge >= 0.3 is 7.60 Å². The van der Waals surface area contributed by atoms with E-state index in [1.54, 1.807) is 13.8 Å². The maximum absolute atomic E-state index is 12.0. The molecule has 1 rings (SSSR count). The normalized spacial score (nSPS) is 11.1. The summed E-state index contributed by atoms with van der Waals surface area (Å²) in [6.45, 7) is 4.14. The first-order valence-corrected chi connectivity index (χ1v) is 6.35. The zero-order chi connectivity index (χ0) is 11.3. The number of nitrogens with zero attached hydrogens (tertiary/aromatic N) is 3. The fourth-order valence-electron chi connectivity index (χ4n) is 1.07. The Bertz CT molecular complexity index is 345. The van der Waals surface area contributed by atoms with Gasteiger partial charge in [0.1, 0.15) is 12.6 Å². The standard InChI is InChI=1S/C7H15N4O3P.CH4/c1-3-13-15(12,14-4-2)6-11-5-9-7(8)10-11;/h5H,3-4,6H2,1-2H3,(H2,8,10);1H4. The molecule has 0 bridgehead atoms. The molecule has 7 nitrogen and oxygen atoms in total. The molecule has 2 N–H and O–H groups in total. The van der Waals surface area contributed by atoms with Crippen LogP contribution in [0.5, 0.6) is 0 Å². The second kappa shape index (κ2) is 6.62. The van der Waals surface area contributed by atoms with Crippen molar-refractivity contribution in [1.29, 1.82) is 0 Å². The fraction of sp³-hybridized carbons (Fsp3) is 0.750. The van der Waals surface area contributed by atoms with Crippen molar-refractivity contribution < 1.29 is 13.6 Å². The van der Waals surface area contributed by atoms with E-state index in [-0.39, 0.29) is 19.7 Å². The zero-order valence-corrected chi connectivity index (χ0v) is 9.68. The molecule has 0 atom stereocenters. The van der Waals surface area contributed by atoms with E-state index >= 15 is 0 Å². The highest BCUT2D eigenvalue weighted by Gasteiger charge is 2.24. The SMILES string of the molecule is C.CCOP(=O)(Cn1cnc(N)n1)OCC. The maximum atomic E-state index is 12.0. The van der Waals surface area contributed by atoms with Gasteiger partial charge in [0.05, 0.1) is 13.2 Å². The summed E-state index contributed by atoms with van der Waals surface area (Å²) >= 11 is 0. The average molecular weight is 250 g/mol. The number of hydrogen-bond acceptors (Lipinski definition) is 6. The molecule has 0 aromatic carbocycles. The molecule has 0 amide bonds. The number of rotatable bonds is 6. The van der Waals surface area contributed by atoms with E-state index in [0.29, 0.717) is 13.2 Å². The van der Waals surface area contributed by atoms with Crippen LogP contribution in [0.1, 0.15) is 21.3 Å². The largest absolute Gasteiger partial charge is 0.367 e. The van der Waals surface area contributed by atoms with Crippen molar-refractivity contribution in [3.05, 3.63) is 6.33 Å². The lowest BCUT2D eigenvalue weighted by molar-refractivity contribution is 0.213. The summed E-state index contributed by atoms with van der Waals surface area (Å²) < 4.78 is 23.5. The Labute approximate surface area is 95.5 Å². The van der Waals surface area contributed by atoms with Gasteiger partial charge < -0.3 is 14.8 Å². The number of hydrogen-bond donors (Lipinski definition) is 1. The quantitative estimate of drug-likeness (QED) is 0.773. The Morgan fingerprint density at radius 3 is 2.38 bits per heavy atom. The second-order valence-electron chi connectivity index (χ2n) is 2.73. The van der Waals surface area contributed by atoms with E-state index < -0.39 is 7.60 Å². The molecule has 0 radical (unpaired) electrons. The summed E-state index contributed by atoms with van der Waals surface area (Å²) in [5.41, 5.74) is 5.33. The molecule has 0 aliphatic rings. The molecule has 8 heteroatoms. The molecule has 0 fully saturated rings. The summed E-state index contributed by atoms with van der Waals surface area (Å²) in [6.07, 6.45) is 1.42. The van der Waals surface area contributed by atoms with Gasteiger partial charge in [0, 0.05) is 0 Å². The van der Waals surface area contributed by atoms with Crippen LogP contribution in [0.15, 0.2) is 6.33 Å². The van der Waals surface area contributed by atoms with Crippen LogP contribution in [0, 0.1) is 0 Å². The summed E-state index contributed by atoms with van der Waals surface area (Å²) in [5.74, 6) is 0.134. The molecular weight excluding hydrogens is 231 g/mol. The molecule has 1 heterocycles. The van der Waals surface area contributed by atoms with Crippen molar-refractivity contribution in [3.8, 4) is 0 Å². The van der Waals surface area contributed by atoms with Crippen LogP contribution in [0.25, 0.3) is 0 Å². The predicted molar refractivity (Wildman–Crippen MR) is 62.0 cm³/mol. The van der Waals surface area contributed by atoms with Crippen molar-refractivity contribution in [1.82, 2.24) is 14.8 Å². The lowest BCUT2D eigenvalue weighted by Gasteiger charge is -2.16. The summed E-state index contributed by atoms with van der Waals surface area (Å²) in [5, 5.41) is 3.81. The number of nitrogen functional groups attached to an aromatic ring is 1. The van der Waals surface area contributed by atoms with Gasteiger partial charge in [0.2, 0.25) is 5.95 Å². The molecule has 0 saturated heterocycles. The highest BCUT2D eigenvalue weighted by atomic mass is 31.2. The Morgan fingerprint density at radius 2 is 2.00 bits per heavy atom. The lowest BCUT2D eigenvalue weighted by Crippen LogP contribution is -2.06. The Hall–Kier alpha value is -0.910. The molecule has 1 aromatic heterocycles. The lowest BCUT2D eigenvalue weighted by atomic mass is 10.9. The van der Waals surface area contributed by atoms with E-state index in [9.17, 15) is 4.57 Å². The van der Waals surface area contributed by atoms with Gasteiger partial charge in [0.25, 0.3) is 0 Å². The summed E-state index contributed by atoms with van der Waals surface area (Å²) in [4.78, 5) is 3.72. The first-order valence-electron chi connectivity index (χ1n) is 4.62. The summed E-state index contributed by atoms with van der Waals surface area (Å²) in [7, 11) is -3.12. The minimum absolute atomic E-state index is 0. The molecule has 0 aliphatic carbocycles. The summed E-state index contributed by atoms with van der Waals surface area (Å²) in [6, 6.07) is 0. The van der Waals surface area contributed by atoms with Crippen molar-refractivity contribution >= 4 is 13.5 Å². The van der Waals surface area contributed by atoms with Crippen LogP contribution in [0.3, 0.4) is 0 Å². The highest BCUT2D eigenvalue weighted by Crippen LogP contribution is 2.49. The third kappa shape index (κ3) is 4.30. The van der Waals surface area contributed by atoms with E-state index in [1.165, 1.54) is 11.0 Å². The molecule has 16 heavy (non-hydrogen) atoms. The molecule has 0 aliphatic heterocycles. The van der Waals surface area contributed by atoms with Gasteiger partial charge in [-0.05, 0) is 13.8 Å². The molecule has 0 spiro atoms. The third-order valence-corrected chi connectivity index (χ3v) is 3.46. The monoisotopic (exact) mass is 250 g/mol. The van der Waals surface area contributed by atoms with Crippen molar-refractivity contribution in [2.45, 2.75) is 27.6 Å². The number of aromatic nitrogens is 3. The molecule has 1 aromatic rings. The second-order valence-corrected chi connectivity index (χ2v) is 4.75. The number of anilines is 1. The highest BCUT2D eigenvalue weighted by molar-refractivity contribution is 7.52. The molecule has 0 saturated carbocycles. The van der Waals surface area contributed by atoms with Crippen molar-refractivity contribution in [2.24, 2.45) is 0 Å². The van der Waals surface area contributed by atoms with Gasteiger partial charge in [-0.15, -0.1) is 5.10 Å². The van der Waals surface area contributed by atoms with Gasteiger partial charge in [0.15, 0.2) is 0 Å². The average Bonchev–Trinajstić information content (AvgIpc) is 2.51. The van der Waals surface area contributed by atoms with Crippen LogP contribution in [-0.2, 0) is 19.9 Å². The number of nitrogens with two attached hydrogens (primary N) is 1. The van der Waals surface area contributed by atoms with Gasteiger partial charge in [-0.1, -0.05) is 7.43 Å². The maximum Gasteiger partial charge on any atom is 0.351 e. The molecule has 0 unspecified atom stereocenters. The minimum atomic E-state index is -3.12. The Kier molecular flexibility index (Phi) is 6.25. The topological polar surface area (TPSA) is 92.3 Å². The van der Waals surface area contributed by atoms with Crippen molar-refractivity contribution in [3.63, 3.8) is 0 Å². The first kappa shape index (κ1) is 15.1. The van der Waals surface area contributed by atoms with Crippen LogP contribution < -0.4 is 5.73 Å². The van der Waals surface area contributed by atoms with Gasteiger partial charge in [-0.3, -0.25) is 4.57 Å². The fourth-order valence-corrected chi connectivity index (χ4v) is 2.58. The van der Waals surface area contributed by atoms with Crippen molar-refractivity contribution in [2.75, 3.05) is 18.9 Å². The zero-order valence-electron chi connectivity index (χ0n) is 8.79. The molecular formula is C8H19N4O3P. The smallest absolute Gasteiger partial charge is 0.351 e. The van der Waals surface area contributed by atoms with Crippen LogP contribution in [-0.4, -0.2) is 28.0 Å². The van der Waals surface area contributed by atoms with Gasteiger partial charge in [-0.2, -0.15) is 0 Å². The van der Waals surface area contributed by atoms with Crippen LogP contribution >= 0.6 is 7.60 Å². The molecule has 94 valence electrons. The first-order chi connectivity index (χ1) is 7.09. The van der Waals surface area contributed by atoms with E-state index in [0.717, 1.165) is 0 Å². The van der Waals surface area contributed by atoms with E-state index in [4.69, 9.17) is 14.8 Å².